The van der Waals surface area contributed by atoms with Crippen molar-refractivity contribution in [2.24, 2.45) is 0 Å². The van der Waals surface area contributed by atoms with Crippen LogP contribution in [-0.2, 0) is 29.4 Å². The van der Waals surface area contributed by atoms with Crippen molar-refractivity contribution in [2.45, 2.75) is 43.5 Å². The quantitative estimate of drug-likeness (QED) is 0.177. The van der Waals surface area contributed by atoms with E-state index in [9.17, 15) is 27.1 Å². The number of nitrogens with one attached hydrogen (secondary N) is 3. The van der Waals surface area contributed by atoms with Gasteiger partial charge < -0.3 is 15.7 Å². The van der Waals surface area contributed by atoms with Crippen LogP contribution in [0.25, 0.3) is 0 Å². The van der Waals surface area contributed by atoms with Crippen molar-refractivity contribution in [2.75, 3.05) is 11.3 Å². The first kappa shape index (κ1) is 32.2. The summed E-state index contributed by atoms with van der Waals surface area (Å²) in [6.07, 6.45) is 0.782. The standard InChI is InChI=1S/C32H31F2N5O4S/c1-2-21-5-3-6-22(11-21)18-36-20-30(40)29(14-24-12-26(33)16-27(34)13-24)38-32(41)25-7-4-8-28(15-25)39-44(42,43)31-10-9-23(17-35)19-37-31/h3-13,15-16,19,29-30,36,39-40H,2,14,18,20H2,1H3,(H,38,41)/t29-,30-/m0/s1. The maximum Gasteiger partial charge on any atom is 0.279 e. The molecule has 4 rings (SSSR count). The van der Waals surface area contributed by atoms with Crippen LogP contribution in [0.2, 0.25) is 0 Å². The Balaban J connectivity index is 1.49. The number of nitrogens with zero attached hydrogens (tertiary/aromatic N) is 2. The molecule has 0 aliphatic heterocycles. The number of amides is 1. The monoisotopic (exact) mass is 619 g/mol. The summed E-state index contributed by atoms with van der Waals surface area (Å²) in [5, 5.41) is 25.6. The molecule has 0 saturated heterocycles. The molecule has 0 unspecified atom stereocenters. The van der Waals surface area contributed by atoms with E-state index in [4.69, 9.17) is 5.26 Å². The van der Waals surface area contributed by atoms with E-state index in [0.29, 0.717) is 6.54 Å². The third kappa shape index (κ3) is 8.90. The first-order chi connectivity index (χ1) is 21.1. The number of aryl methyl sites for hydroxylation is 1. The van der Waals surface area contributed by atoms with Crippen LogP contribution >= 0.6 is 0 Å². The highest BCUT2D eigenvalue weighted by molar-refractivity contribution is 7.92. The van der Waals surface area contributed by atoms with Crippen LogP contribution in [-0.4, -0.2) is 43.1 Å². The number of aliphatic hydroxyl groups excluding tert-OH is 1. The Hall–Kier alpha value is -4.70. The average Bonchev–Trinajstić information content (AvgIpc) is 3.00. The van der Waals surface area contributed by atoms with Gasteiger partial charge in [-0.3, -0.25) is 9.52 Å². The molecule has 1 aromatic heterocycles. The van der Waals surface area contributed by atoms with Gasteiger partial charge in [0.25, 0.3) is 15.9 Å². The highest BCUT2D eigenvalue weighted by atomic mass is 32.2. The molecule has 2 atom stereocenters. The Labute approximate surface area is 254 Å². The minimum atomic E-state index is -4.13. The molecule has 4 N–H and O–H groups in total. The molecule has 3 aromatic carbocycles. The molecule has 0 spiro atoms. The van der Waals surface area contributed by atoms with Gasteiger partial charge in [-0.1, -0.05) is 37.3 Å². The lowest BCUT2D eigenvalue weighted by molar-refractivity contribution is 0.0830. The van der Waals surface area contributed by atoms with Crippen molar-refractivity contribution in [3.8, 4) is 6.07 Å². The van der Waals surface area contributed by atoms with Crippen molar-refractivity contribution >= 4 is 21.6 Å². The molecular weight excluding hydrogens is 588 g/mol. The van der Waals surface area contributed by atoms with Gasteiger partial charge in [0.05, 0.1) is 17.7 Å². The molecule has 0 saturated carbocycles. The van der Waals surface area contributed by atoms with Crippen LogP contribution in [0.4, 0.5) is 14.5 Å². The van der Waals surface area contributed by atoms with Gasteiger partial charge in [0, 0.05) is 36.6 Å². The van der Waals surface area contributed by atoms with Gasteiger partial charge in [-0.25, -0.2) is 13.8 Å². The van der Waals surface area contributed by atoms with Gasteiger partial charge in [0.1, 0.15) is 17.7 Å². The summed E-state index contributed by atoms with van der Waals surface area (Å²) in [6.45, 7) is 2.57. The molecule has 0 bridgehead atoms. The molecule has 0 radical (unpaired) electrons. The van der Waals surface area contributed by atoms with Crippen LogP contribution in [0.1, 0.15) is 39.5 Å². The van der Waals surface area contributed by atoms with Gasteiger partial charge in [-0.05, 0) is 72.0 Å². The zero-order valence-electron chi connectivity index (χ0n) is 23.8. The molecule has 1 heterocycles. The number of hydrogen-bond donors (Lipinski definition) is 4. The Morgan fingerprint density at radius 1 is 0.977 bits per heavy atom. The van der Waals surface area contributed by atoms with Crippen LogP contribution in [0.5, 0.6) is 0 Å². The van der Waals surface area contributed by atoms with E-state index in [1.54, 1.807) is 0 Å². The van der Waals surface area contributed by atoms with E-state index in [1.165, 1.54) is 42.0 Å². The van der Waals surface area contributed by atoms with Crippen molar-refractivity contribution in [3.63, 3.8) is 0 Å². The Morgan fingerprint density at radius 2 is 1.70 bits per heavy atom. The summed E-state index contributed by atoms with van der Waals surface area (Å²) in [5.74, 6) is -2.21. The van der Waals surface area contributed by atoms with E-state index in [-0.39, 0.29) is 40.4 Å². The van der Waals surface area contributed by atoms with E-state index in [2.05, 4.69) is 27.3 Å². The van der Waals surface area contributed by atoms with Gasteiger partial charge in [0.15, 0.2) is 5.03 Å². The fourth-order valence-corrected chi connectivity index (χ4v) is 5.50. The minimum Gasteiger partial charge on any atom is -0.390 e. The summed E-state index contributed by atoms with van der Waals surface area (Å²) in [5.41, 5.74) is 2.76. The second-order valence-electron chi connectivity index (χ2n) is 10.1. The fourth-order valence-electron chi connectivity index (χ4n) is 4.52. The predicted octanol–water partition coefficient (Wildman–Crippen LogP) is 4.09. The lowest BCUT2D eigenvalue weighted by Crippen LogP contribution is -2.48. The van der Waals surface area contributed by atoms with E-state index < -0.39 is 39.7 Å². The molecule has 12 heteroatoms. The molecule has 228 valence electrons. The van der Waals surface area contributed by atoms with E-state index >= 15 is 0 Å². The maximum atomic E-state index is 13.9. The van der Waals surface area contributed by atoms with E-state index in [0.717, 1.165) is 36.4 Å². The van der Waals surface area contributed by atoms with Crippen molar-refractivity contribution in [3.05, 3.63) is 125 Å². The molecule has 4 aromatic rings. The molecule has 9 nitrogen and oxygen atoms in total. The third-order valence-electron chi connectivity index (χ3n) is 6.76. The summed E-state index contributed by atoms with van der Waals surface area (Å²) in [7, 11) is -4.13. The summed E-state index contributed by atoms with van der Waals surface area (Å²) >= 11 is 0. The summed E-state index contributed by atoms with van der Waals surface area (Å²) in [6, 6.07) is 20.0. The van der Waals surface area contributed by atoms with E-state index in [1.807, 2.05) is 30.3 Å². The lowest BCUT2D eigenvalue weighted by Gasteiger charge is -2.25. The third-order valence-corrected chi connectivity index (χ3v) is 8.06. The van der Waals surface area contributed by atoms with Gasteiger partial charge in [-0.15, -0.1) is 0 Å². The molecule has 0 fully saturated rings. The lowest BCUT2D eigenvalue weighted by atomic mass is 10.00. The number of anilines is 1. The van der Waals surface area contributed by atoms with Gasteiger partial charge in [-0.2, -0.15) is 13.7 Å². The second-order valence-corrected chi connectivity index (χ2v) is 11.7. The smallest absolute Gasteiger partial charge is 0.279 e. The molecule has 0 aliphatic rings. The predicted molar refractivity (Wildman–Crippen MR) is 161 cm³/mol. The fraction of sp³-hybridized carbons (Fsp3) is 0.219. The highest BCUT2D eigenvalue weighted by Gasteiger charge is 2.24. The number of carbonyl (C=O) groups is 1. The SMILES string of the molecule is CCc1cccc(CNC[C@H](O)[C@H](Cc2cc(F)cc(F)c2)NC(=O)c2cccc(NS(=O)(=O)c3ccc(C#N)cn3)c2)c1. The first-order valence-corrected chi connectivity index (χ1v) is 15.3. The van der Waals surface area contributed by atoms with Crippen molar-refractivity contribution < 1.29 is 27.1 Å². The van der Waals surface area contributed by atoms with Gasteiger partial charge >= 0.3 is 0 Å². The number of rotatable bonds is 13. The van der Waals surface area contributed by atoms with Crippen LogP contribution in [0.3, 0.4) is 0 Å². The molecule has 0 aliphatic carbocycles. The minimum absolute atomic E-state index is 0.0660. The Morgan fingerprint density at radius 3 is 2.39 bits per heavy atom. The Kier molecular flexibility index (Phi) is 10.7. The average molecular weight is 620 g/mol. The summed E-state index contributed by atoms with van der Waals surface area (Å²) < 4.78 is 55.8. The van der Waals surface area contributed by atoms with Gasteiger partial charge in [0.2, 0.25) is 0 Å². The first-order valence-electron chi connectivity index (χ1n) is 13.8. The molecule has 1 amide bonds. The van der Waals surface area contributed by atoms with Crippen LogP contribution in [0.15, 0.2) is 90.1 Å². The maximum absolute atomic E-state index is 13.9. The number of aromatic nitrogens is 1. The van der Waals surface area contributed by atoms with Crippen molar-refractivity contribution in [1.82, 2.24) is 15.6 Å². The zero-order chi connectivity index (χ0) is 31.7. The number of nitriles is 1. The van der Waals surface area contributed by atoms with Crippen LogP contribution < -0.4 is 15.4 Å². The number of sulfonamides is 1. The summed E-state index contributed by atoms with van der Waals surface area (Å²) in [4.78, 5) is 17.1. The number of halogens is 2. The zero-order valence-corrected chi connectivity index (χ0v) is 24.6. The van der Waals surface area contributed by atoms with Crippen molar-refractivity contribution in [1.29, 1.82) is 5.26 Å². The topological polar surface area (TPSA) is 144 Å². The number of hydrogen-bond acceptors (Lipinski definition) is 7. The largest absolute Gasteiger partial charge is 0.390 e. The molecular formula is C32H31F2N5O4S. The van der Waals surface area contributed by atoms with Crippen LogP contribution in [0, 0.1) is 23.0 Å². The number of pyridine rings is 1. The Bertz CT molecular complexity index is 1740. The number of aliphatic hydroxyl groups is 1. The normalized spacial score (nSPS) is 12.6. The number of carbonyl (C=O) groups excluding carboxylic acids is 1. The second kappa shape index (κ2) is 14.7. The molecule has 44 heavy (non-hydrogen) atoms. The highest BCUT2D eigenvalue weighted by Crippen LogP contribution is 2.18. The number of benzene rings is 3.